The molecule has 2 aromatic heterocycles. The number of para-hydroxylation sites is 2. The molecule has 0 spiro atoms. The van der Waals surface area contributed by atoms with Crippen LogP contribution < -0.4 is 0 Å². The van der Waals surface area contributed by atoms with E-state index in [4.69, 9.17) is 9.40 Å². The lowest BCUT2D eigenvalue weighted by Crippen LogP contribution is -1.99. The van der Waals surface area contributed by atoms with Gasteiger partial charge in [0.2, 0.25) is 0 Å². The van der Waals surface area contributed by atoms with Crippen molar-refractivity contribution < 1.29 is 4.42 Å². The Morgan fingerprint density at radius 2 is 1.57 bits per heavy atom. The maximum atomic E-state index is 6.29. The first kappa shape index (κ1) is 19.2. The molecule has 0 N–H and O–H groups in total. The molecule has 0 bridgehead atoms. The van der Waals surface area contributed by atoms with Crippen LogP contribution >= 0.6 is 10.0 Å². The van der Waals surface area contributed by atoms with Gasteiger partial charge in [0.25, 0.3) is 0 Å². The van der Waals surface area contributed by atoms with Crippen molar-refractivity contribution in [2.45, 2.75) is 24.7 Å². The highest BCUT2D eigenvalue weighted by Gasteiger charge is 2.19. The summed E-state index contributed by atoms with van der Waals surface area (Å²) in [6, 6.07) is 23.6. The molecule has 5 aromatic rings. The monoisotopic (exact) mass is 413 g/mol. The van der Waals surface area contributed by atoms with E-state index in [1.165, 1.54) is 15.8 Å². The van der Waals surface area contributed by atoms with Crippen LogP contribution in [0.2, 0.25) is 0 Å². The lowest BCUT2D eigenvalue weighted by molar-refractivity contribution is 0.670. The zero-order chi connectivity index (χ0) is 21.0. The summed E-state index contributed by atoms with van der Waals surface area (Å²) in [6.07, 6.45) is 7.07. The average Bonchev–Trinajstić information content (AvgIpc) is 3.10. The van der Waals surface area contributed by atoms with Gasteiger partial charge < -0.3 is 4.42 Å². The molecule has 3 heteroatoms. The van der Waals surface area contributed by atoms with Crippen molar-refractivity contribution >= 4 is 42.9 Å². The first-order valence-corrected chi connectivity index (χ1v) is 13.2. The van der Waals surface area contributed by atoms with Crippen molar-refractivity contribution in [3.63, 3.8) is 0 Å². The quantitative estimate of drug-likeness (QED) is 0.300. The highest BCUT2D eigenvalue weighted by Crippen LogP contribution is 2.50. The van der Waals surface area contributed by atoms with Gasteiger partial charge in [-0.2, -0.15) is 0 Å². The molecular weight excluding hydrogens is 386 g/mol. The van der Waals surface area contributed by atoms with E-state index in [1.807, 2.05) is 12.1 Å². The van der Waals surface area contributed by atoms with Crippen molar-refractivity contribution in [3.05, 3.63) is 72.3 Å². The van der Waals surface area contributed by atoms with Crippen LogP contribution in [0.15, 0.2) is 76.0 Å². The lowest BCUT2D eigenvalue weighted by atomic mass is 10.00. The predicted octanol–water partition coefficient (Wildman–Crippen LogP) is 7.98. The predicted molar refractivity (Wildman–Crippen MR) is 132 cm³/mol. The number of benzene rings is 3. The smallest absolute Gasteiger partial charge is 0.144 e. The Balaban J connectivity index is 1.82. The number of fused-ring (bicyclic) bond motifs is 4. The van der Waals surface area contributed by atoms with Crippen molar-refractivity contribution in [2.75, 3.05) is 18.8 Å². The fourth-order valence-electron chi connectivity index (χ4n) is 4.17. The van der Waals surface area contributed by atoms with Gasteiger partial charge in [0.05, 0.1) is 11.2 Å². The first-order chi connectivity index (χ1) is 14.3. The van der Waals surface area contributed by atoms with E-state index >= 15 is 0 Å². The van der Waals surface area contributed by atoms with Crippen LogP contribution in [-0.2, 0) is 0 Å². The topological polar surface area (TPSA) is 26.0 Å². The van der Waals surface area contributed by atoms with Crippen LogP contribution in [0.5, 0.6) is 0 Å². The maximum absolute atomic E-state index is 6.29. The van der Waals surface area contributed by atoms with E-state index in [1.54, 1.807) is 0 Å². The van der Waals surface area contributed by atoms with Crippen molar-refractivity contribution in [1.29, 1.82) is 0 Å². The minimum Gasteiger partial charge on any atom is -0.455 e. The molecule has 2 heterocycles. The summed E-state index contributed by atoms with van der Waals surface area (Å²) in [6.45, 7) is 4.49. The molecule has 30 heavy (non-hydrogen) atoms. The van der Waals surface area contributed by atoms with Gasteiger partial charge in [-0.15, -0.1) is 0 Å². The molecule has 3 aromatic carbocycles. The van der Waals surface area contributed by atoms with E-state index in [0.29, 0.717) is 5.92 Å². The Bertz CT molecular complexity index is 1410. The molecule has 0 unspecified atom stereocenters. The Kier molecular flexibility index (Phi) is 4.41. The summed E-state index contributed by atoms with van der Waals surface area (Å²) in [5.41, 5.74) is 6.30. The second-order valence-electron chi connectivity index (χ2n) is 9.05. The largest absolute Gasteiger partial charge is 0.455 e. The fraction of sp³-hybridized carbons (Fsp3) is 0.222. The van der Waals surface area contributed by atoms with Crippen LogP contribution in [-0.4, -0.2) is 23.8 Å². The van der Waals surface area contributed by atoms with E-state index in [-0.39, 0.29) is 0 Å². The molecule has 0 saturated heterocycles. The van der Waals surface area contributed by atoms with Crippen molar-refractivity contribution in [2.24, 2.45) is 0 Å². The molecule has 0 radical (unpaired) electrons. The van der Waals surface area contributed by atoms with Crippen LogP contribution in [0.4, 0.5) is 0 Å². The molecular formula is C27H27NOS. The number of hydrogen-bond donors (Lipinski definition) is 0. The zero-order valence-corrected chi connectivity index (χ0v) is 19.0. The number of aromatic nitrogens is 1. The Hall–Kier alpha value is -2.78. The zero-order valence-electron chi connectivity index (χ0n) is 18.2. The number of furan rings is 1. The van der Waals surface area contributed by atoms with Crippen molar-refractivity contribution in [1.82, 2.24) is 4.98 Å². The highest BCUT2D eigenvalue weighted by molar-refractivity contribution is 8.32. The number of rotatable bonds is 3. The number of hydrogen-bond acceptors (Lipinski definition) is 2. The third kappa shape index (κ3) is 3.09. The molecule has 5 rings (SSSR count). The number of pyridine rings is 1. The summed E-state index contributed by atoms with van der Waals surface area (Å²) < 4.78 is 6.29. The Morgan fingerprint density at radius 1 is 0.800 bits per heavy atom. The second-order valence-corrected chi connectivity index (χ2v) is 13.2. The van der Waals surface area contributed by atoms with Gasteiger partial charge in [-0.25, -0.2) is 15.0 Å². The standard InChI is InChI=1S/C27H27NOS/c1-17(2)18-13-14-23-22(15-18)26(30(3,4)5)16-24(28-23)21-11-8-10-20-19-9-6-7-12-25(19)29-27(20)21/h6-17H,1-5H3. The molecule has 0 aliphatic rings. The first-order valence-electron chi connectivity index (χ1n) is 10.4. The van der Waals surface area contributed by atoms with E-state index in [0.717, 1.165) is 38.7 Å². The fourth-order valence-corrected chi connectivity index (χ4v) is 5.45. The van der Waals surface area contributed by atoms with E-state index in [2.05, 4.69) is 87.2 Å². The Morgan fingerprint density at radius 3 is 2.33 bits per heavy atom. The summed E-state index contributed by atoms with van der Waals surface area (Å²) in [4.78, 5) is 6.49. The van der Waals surface area contributed by atoms with Crippen LogP contribution in [0, 0.1) is 0 Å². The third-order valence-corrected chi connectivity index (χ3v) is 7.46. The van der Waals surface area contributed by atoms with E-state index in [9.17, 15) is 0 Å². The minimum atomic E-state index is -0.951. The van der Waals surface area contributed by atoms with E-state index < -0.39 is 10.0 Å². The molecule has 0 aliphatic carbocycles. The second kappa shape index (κ2) is 6.88. The minimum absolute atomic E-state index is 0.501. The van der Waals surface area contributed by atoms with Crippen LogP contribution in [0.3, 0.4) is 0 Å². The van der Waals surface area contributed by atoms with Gasteiger partial charge in [-0.1, -0.05) is 50.2 Å². The normalized spacial score (nSPS) is 13.0. The lowest BCUT2D eigenvalue weighted by Gasteiger charge is -2.28. The maximum Gasteiger partial charge on any atom is 0.144 e. The van der Waals surface area contributed by atoms with Crippen LogP contribution in [0.1, 0.15) is 25.3 Å². The summed E-state index contributed by atoms with van der Waals surface area (Å²) in [7, 11) is -0.951. The van der Waals surface area contributed by atoms with Gasteiger partial charge in [-0.05, 0) is 60.6 Å². The molecule has 0 fully saturated rings. The molecule has 0 saturated carbocycles. The molecule has 0 atom stereocenters. The molecule has 2 nitrogen and oxygen atoms in total. The van der Waals surface area contributed by atoms with Gasteiger partial charge in [0.15, 0.2) is 0 Å². The molecule has 0 aliphatic heterocycles. The van der Waals surface area contributed by atoms with Crippen LogP contribution in [0.25, 0.3) is 44.1 Å². The average molecular weight is 414 g/mol. The molecule has 0 amide bonds. The molecule has 152 valence electrons. The summed E-state index contributed by atoms with van der Waals surface area (Å²) >= 11 is 0. The van der Waals surface area contributed by atoms with Gasteiger partial charge in [0, 0.05) is 26.6 Å². The summed E-state index contributed by atoms with van der Waals surface area (Å²) in [5, 5.41) is 3.58. The van der Waals surface area contributed by atoms with Gasteiger partial charge >= 0.3 is 0 Å². The highest BCUT2D eigenvalue weighted by atomic mass is 32.3. The number of nitrogens with zero attached hydrogens (tertiary/aromatic N) is 1. The Labute approximate surface area is 179 Å². The van der Waals surface area contributed by atoms with Gasteiger partial charge in [0.1, 0.15) is 11.2 Å². The SMILES string of the molecule is CC(C)c1ccc2nc(-c3cccc4c3oc3ccccc34)cc(S(C)(C)C)c2c1. The van der Waals surface area contributed by atoms with Gasteiger partial charge in [-0.3, -0.25) is 0 Å². The van der Waals surface area contributed by atoms with Crippen molar-refractivity contribution in [3.8, 4) is 11.3 Å². The summed E-state index contributed by atoms with van der Waals surface area (Å²) in [5.74, 6) is 0.501. The third-order valence-electron chi connectivity index (χ3n) is 5.80.